The van der Waals surface area contributed by atoms with Crippen molar-refractivity contribution in [2.24, 2.45) is 0 Å². The number of anilines is 1. The van der Waals surface area contributed by atoms with E-state index in [1.807, 2.05) is 11.4 Å². The van der Waals surface area contributed by atoms with Crippen molar-refractivity contribution in [1.82, 2.24) is 14.9 Å². The monoisotopic (exact) mass is 290 g/mol. The zero-order valence-electron chi connectivity index (χ0n) is 11.7. The predicted octanol–water partition coefficient (Wildman–Crippen LogP) is 2.63. The Bertz CT molecular complexity index is 539. The highest BCUT2D eigenvalue weighted by Crippen LogP contribution is 2.10. The van der Waals surface area contributed by atoms with Gasteiger partial charge in [-0.3, -0.25) is 4.79 Å². The summed E-state index contributed by atoms with van der Waals surface area (Å²) in [5.74, 6) is -0.0972. The minimum absolute atomic E-state index is 0.0972. The second kappa shape index (κ2) is 7.00. The Morgan fingerprint density at radius 3 is 2.85 bits per heavy atom. The highest BCUT2D eigenvalue weighted by molar-refractivity contribution is 7.07. The van der Waals surface area contributed by atoms with E-state index in [1.54, 1.807) is 29.7 Å². The molecule has 1 amide bonds. The zero-order valence-corrected chi connectivity index (χ0v) is 12.5. The number of aromatic nitrogens is 2. The summed E-state index contributed by atoms with van der Waals surface area (Å²) in [5.41, 5.74) is 4.04. The molecule has 0 spiro atoms. The Balaban J connectivity index is 1.97. The lowest BCUT2D eigenvalue weighted by atomic mass is 10.3. The van der Waals surface area contributed by atoms with Gasteiger partial charge in [0.1, 0.15) is 5.69 Å². The highest BCUT2D eigenvalue weighted by atomic mass is 32.1. The molecule has 2 aromatic rings. The number of carbonyl (C=O) groups excluding carboxylic acids is 1. The van der Waals surface area contributed by atoms with Crippen LogP contribution in [0, 0.1) is 0 Å². The topological polar surface area (TPSA) is 58.1 Å². The van der Waals surface area contributed by atoms with E-state index >= 15 is 0 Å². The van der Waals surface area contributed by atoms with E-state index in [2.05, 4.69) is 22.2 Å². The molecule has 20 heavy (non-hydrogen) atoms. The lowest BCUT2D eigenvalue weighted by molar-refractivity contribution is 0.0778. The first-order valence-corrected chi connectivity index (χ1v) is 7.47. The standard InChI is InChI=1S/C14H18N4OS/c1-3-6-15-11-4-5-13(16-7-11)14(19)18(2)8-12-9-20-10-17-12/h4-5,7,9-10,15H,3,6,8H2,1-2H3. The smallest absolute Gasteiger partial charge is 0.272 e. The second-order valence-corrected chi connectivity index (χ2v) is 5.22. The van der Waals surface area contributed by atoms with Gasteiger partial charge in [-0.25, -0.2) is 9.97 Å². The van der Waals surface area contributed by atoms with Crippen LogP contribution in [0.2, 0.25) is 0 Å². The maximum absolute atomic E-state index is 12.2. The van der Waals surface area contributed by atoms with Gasteiger partial charge in [0.2, 0.25) is 0 Å². The van der Waals surface area contributed by atoms with Crippen LogP contribution in [0.25, 0.3) is 0 Å². The van der Waals surface area contributed by atoms with Crippen LogP contribution in [0.15, 0.2) is 29.2 Å². The van der Waals surface area contributed by atoms with Crippen molar-refractivity contribution in [3.63, 3.8) is 0 Å². The maximum atomic E-state index is 12.2. The molecular formula is C14H18N4OS. The van der Waals surface area contributed by atoms with Gasteiger partial charge in [-0.05, 0) is 18.6 Å². The first kappa shape index (κ1) is 14.5. The van der Waals surface area contributed by atoms with Crippen molar-refractivity contribution < 1.29 is 4.79 Å². The van der Waals surface area contributed by atoms with E-state index in [9.17, 15) is 4.79 Å². The van der Waals surface area contributed by atoms with Gasteiger partial charge in [0.05, 0.1) is 29.6 Å². The third-order valence-electron chi connectivity index (χ3n) is 2.79. The van der Waals surface area contributed by atoms with Gasteiger partial charge >= 0.3 is 0 Å². The van der Waals surface area contributed by atoms with Gasteiger partial charge in [-0.15, -0.1) is 11.3 Å². The maximum Gasteiger partial charge on any atom is 0.272 e. The van der Waals surface area contributed by atoms with Crippen LogP contribution in [-0.4, -0.2) is 34.4 Å². The van der Waals surface area contributed by atoms with Crippen molar-refractivity contribution in [3.05, 3.63) is 40.6 Å². The van der Waals surface area contributed by atoms with Gasteiger partial charge in [0.25, 0.3) is 5.91 Å². The van der Waals surface area contributed by atoms with E-state index in [-0.39, 0.29) is 5.91 Å². The minimum atomic E-state index is -0.0972. The van der Waals surface area contributed by atoms with Crippen molar-refractivity contribution >= 4 is 22.9 Å². The van der Waals surface area contributed by atoms with Crippen LogP contribution < -0.4 is 5.32 Å². The quantitative estimate of drug-likeness (QED) is 0.888. The molecule has 1 N–H and O–H groups in total. The first-order valence-electron chi connectivity index (χ1n) is 6.53. The lowest BCUT2D eigenvalue weighted by Gasteiger charge is -2.15. The molecule has 2 aromatic heterocycles. The number of thiazole rings is 1. The van der Waals surface area contributed by atoms with Crippen molar-refractivity contribution in [3.8, 4) is 0 Å². The van der Waals surface area contributed by atoms with Crippen molar-refractivity contribution in [2.75, 3.05) is 18.9 Å². The summed E-state index contributed by atoms with van der Waals surface area (Å²) < 4.78 is 0. The number of rotatable bonds is 6. The van der Waals surface area contributed by atoms with Crippen LogP contribution >= 0.6 is 11.3 Å². The Hall–Kier alpha value is -1.95. The van der Waals surface area contributed by atoms with Crippen LogP contribution in [0.5, 0.6) is 0 Å². The van der Waals surface area contributed by atoms with Crippen molar-refractivity contribution in [2.45, 2.75) is 19.9 Å². The van der Waals surface area contributed by atoms with E-state index in [0.717, 1.165) is 24.3 Å². The SMILES string of the molecule is CCCNc1ccc(C(=O)N(C)Cc2cscn2)nc1. The third-order valence-corrected chi connectivity index (χ3v) is 3.43. The fourth-order valence-corrected chi connectivity index (χ4v) is 2.27. The molecule has 5 nitrogen and oxygen atoms in total. The average molecular weight is 290 g/mol. The van der Waals surface area contributed by atoms with Gasteiger partial charge in [-0.1, -0.05) is 6.92 Å². The number of nitrogens with zero attached hydrogens (tertiary/aromatic N) is 3. The van der Waals surface area contributed by atoms with E-state index < -0.39 is 0 Å². The fraction of sp³-hybridized carbons (Fsp3) is 0.357. The number of amides is 1. The molecule has 2 heterocycles. The number of hydrogen-bond donors (Lipinski definition) is 1. The van der Waals surface area contributed by atoms with E-state index in [0.29, 0.717) is 12.2 Å². The molecule has 0 radical (unpaired) electrons. The third kappa shape index (κ3) is 3.77. The lowest BCUT2D eigenvalue weighted by Crippen LogP contribution is -2.27. The van der Waals surface area contributed by atoms with Crippen LogP contribution in [0.1, 0.15) is 29.5 Å². The molecule has 0 bridgehead atoms. The summed E-state index contributed by atoms with van der Waals surface area (Å²) in [7, 11) is 1.76. The molecule has 0 aliphatic rings. The van der Waals surface area contributed by atoms with Gasteiger partial charge < -0.3 is 10.2 Å². The van der Waals surface area contributed by atoms with Crippen molar-refractivity contribution in [1.29, 1.82) is 0 Å². The molecule has 6 heteroatoms. The Labute approximate surface area is 122 Å². The molecule has 0 unspecified atom stereocenters. The van der Waals surface area contributed by atoms with Crippen LogP contribution in [0.3, 0.4) is 0 Å². The molecule has 0 aliphatic carbocycles. The molecule has 0 aliphatic heterocycles. The van der Waals surface area contributed by atoms with E-state index in [4.69, 9.17) is 0 Å². The summed E-state index contributed by atoms with van der Waals surface area (Å²) in [4.78, 5) is 22.2. The summed E-state index contributed by atoms with van der Waals surface area (Å²) in [5, 5.41) is 5.17. The van der Waals surface area contributed by atoms with Gasteiger partial charge in [0, 0.05) is 19.0 Å². The molecule has 0 saturated heterocycles. The predicted molar refractivity (Wildman–Crippen MR) is 80.9 cm³/mol. The largest absolute Gasteiger partial charge is 0.384 e. The first-order chi connectivity index (χ1) is 9.70. The summed E-state index contributed by atoms with van der Waals surface area (Å²) in [6.07, 6.45) is 2.75. The Morgan fingerprint density at radius 2 is 2.25 bits per heavy atom. The van der Waals surface area contributed by atoms with Crippen LogP contribution in [0.4, 0.5) is 5.69 Å². The zero-order chi connectivity index (χ0) is 14.4. The number of carbonyl (C=O) groups is 1. The summed E-state index contributed by atoms with van der Waals surface area (Å²) >= 11 is 1.53. The number of hydrogen-bond acceptors (Lipinski definition) is 5. The number of pyridine rings is 1. The Kier molecular flexibility index (Phi) is 5.06. The molecule has 0 atom stereocenters. The normalized spacial score (nSPS) is 10.3. The molecule has 106 valence electrons. The van der Waals surface area contributed by atoms with E-state index in [1.165, 1.54) is 11.3 Å². The average Bonchev–Trinajstić information content (AvgIpc) is 2.97. The van der Waals surface area contributed by atoms with Gasteiger partial charge in [0.15, 0.2) is 0 Å². The highest BCUT2D eigenvalue weighted by Gasteiger charge is 2.14. The molecule has 0 saturated carbocycles. The minimum Gasteiger partial charge on any atom is -0.384 e. The fourth-order valence-electron chi connectivity index (χ4n) is 1.72. The summed E-state index contributed by atoms with van der Waals surface area (Å²) in [6.45, 7) is 3.50. The summed E-state index contributed by atoms with van der Waals surface area (Å²) in [6, 6.07) is 3.63. The molecule has 2 rings (SSSR count). The van der Waals surface area contributed by atoms with Crippen LogP contribution in [-0.2, 0) is 6.54 Å². The number of nitrogens with one attached hydrogen (secondary N) is 1. The van der Waals surface area contributed by atoms with Gasteiger partial charge in [-0.2, -0.15) is 0 Å². The molecule has 0 aromatic carbocycles. The molecular weight excluding hydrogens is 272 g/mol. The Morgan fingerprint density at radius 1 is 1.40 bits per heavy atom. The molecule has 0 fully saturated rings. The second-order valence-electron chi connectivity index (χ2n) is 4.50.